The minimum atomic E-state index is -0.104. The third-order valence-corrected chi connectivity index (χ3v) is 0.0786. The Morgan fingerprint density at radius 3 is 2.40 bits per heavy atom. The van der Waals surface area contributed by atoms with E-state index in [1.165, 1.54) is 0 Å². The Morgan fingerprint density at radius 1 is 1.80 bits per heavy atom. The minimum Gasteiger partial charge on any atom is -0.681 e. The van der Waals surface area contributed by atoms with Crippen LogP contribution < -0.4 is 5.26 Å². The van der Waals surface area contributed by atoms with E-state index in [1.54, 1.807) is 0 Å². The average molecular weight is 77.0 g/mol. The maximum absolute atomic E-state index is 8.86. The summed E-state index contributed by atoms with van der Waals surface area (Å²) in [7, 11) is 0. The number of rotatable bonds is 2. The van der Waals surface area contributed by atoms with E-state index in [0.29, 0.717) is 0 Å². The van der Waals surface area contributed by atoms with Crippen molar-refractivity contribution in [2.24, 2.45) is 0 Å². The molecular formula is CHO4-. The second-order valence-corrected chi connectivity index (χ2v) is 0.260. The van der Waals surface area contributed by atoms with Crippen LogP contribution >= 0.6 is 0 Å². The lowest BCUT2D eigenvalue weighted by molar-refractivity contribution is -0.785. The van der Waals surface area contributed by atoms with Crippen LogP contribution in [0.2, 0.25) is 0 Å². The zero-order valence-electron chi connectivity index (χ0n) is 2.21. The van der Waals surface area contributed by atoms with E-state index in [4.69, 9.17) is 10.1 Å². The molecule has 5 heavy (non-hydrogen) atoms. The van der Waals surface area contributed by atoms with Crippen molar-refractivity contribution >= 4 is 6.47 Å². The van der Waals surface area contributed by atoms with Gasteiger partial charge in [0.05, 0.1) is 0 Å². The summed E-state index contributed by atoms with van der Waals surface area (Å²) in [5.74, 6) is 0. The van der Waals surface area contributed by atoms with Gasteiger partial charge in [-0.25, -0.2) is 5.04 Å². The molecule has 30 valence electrons. The van der Waals surface area contributed by atoms with Gasteiger partial charge < -0.3 is 10.1 Å². The molecule has 0 aromatic rings. The molecule has 0 aliphatic carbocycles. The second-order valence-electron chi connectivity index (χ2n) is 0.260. The van der Waals surface area contributed by atoms with E-state index in [1.807, 2.05) is 0 Å². The largest absolute Gasteiger partial charge is 0.681 e. The Balaban J connectivity index is 2.40. The van der Waals surface area contributed by atoms with Crippen LogP contribution in [0.3, 0.4) is 0 Å². The highest BCUT2D eigenvalue weighted by molar-refractivity contribution is 5.35. The lowest BCUT2D eigenvalue weighted by Gasteiger charge is -1.93. The lowest BCUT2D eigenvalue weighted by Crippen LogP contribution is -2.03. The molecule has 0 aliphatic rings. The summed E-state index contributed by atoms with van der Waals surface area (Å²) in [5, 5.41) is 11.1. The normalized spacial score (nSPS) is 6.60. The standard InChI is InChI=1S/CH2O4/c2-1-4-5-3/h1,3H/p-1. The number of carbonyl (C=O) groups is 1. The van der Waals surface area contributed by atoms with Gasteiger partial charge in [-0.15, -0.1) is 0 Å². The van der Waals surface area contributed by atoms with Gasteiger partial charge in [0.2, 0.25) is 0 Å². The molecule has 0 amide bonds. The van der Waals surface area contributed by atoms with Crippen LogP contribution in [0, 0.1) is 0 Å². The summed E-state index contributed by atoms with van der Waals surface area (Å²) in [4.78, 5) is 12.0. The van der Waals surface area contributed by atoms with Gasteiger partial charge in [-0.2, -0.15) is 0 Å². The van der Waals surface area contributed by atoms with Crippen molar-refractivity contribution in [2.45, 2.75) is 0 Å². The Bertz CT molecular complexity index is 24.8. The molecule has 0 radical (unpaired) electrons. The van der Waals surface area contributed by atoms with Gasteiger partial charge in [-0.3, -0.25) is 4.79 Å². The molecular weight excluding hydrogens is 76.0 g/mol. The van der Waals surface area contributed by atoms with Crippen LogP contribution in [0.5, 0.6) is 0 Å². The van der Waals surface area contributed by atoms with Gasteiger partial charge in [0, 0.05) is 0 Å². The maximum atomic E-state index is 8.86. The van der Waals surface area contributed by atoms with Crippen LogP contribution in [-0.2, 0) is 14.7 Å². The Labute approximate surface area is 27.8 Å². The predicted octanol–water partition coefficient (Wildman–Crippen LogP) is -1.63. The van der Waals surface area contributed by atoms with Crippen LogP contribution in [0.4, 0.5) is 0 Å². The minimum absolute atomic E-state index is 0.104. The van der Waals surface area contributed by atoms with Crippen LogP contribution in [0.1, 0.15) is 0 Å². The fraction of sp³-hybridized carbons (Fsp3) is 0. The van der Waals surface area contributed by atoms with Crippen molar-refractivity contribution < 1.29 is 20.0 Å². The zero-order valence-corrected chi connectivity index (χ0v) is 2.21. The van der Waals surface area contributed by atoms with Crippen LogP contribution in [0.25, 0.3) is 0 Å². The molecule has 0 atom stereocenters. The molecule has 4 nitrogen and oxygen atoms in total. The first-order valence-electron chi connectivity index (χ1n) is 0.805. The summed E-state index contributed by atoms with van der Waals surface area (Å²) >= 11 is 0. The second kappa shape index (κ2) is 3.39. The summed E-state index contributed by atoms with van der Waals surface area (Å²) in [6, 6.07) is 0. The third-order valence-electron chi connectivity index (χ3n) is 0.0786. The summed E-state index contributed by atoms with van der Waals surface area (Å²) < 4.78 is 0. The smallest absolute Gasteiger partial charge is 0.329 e. The van der Waals surface area contributed by atoms with E-state index in [9.17, 15) is 0 Å². The first kappa shape index (κ1) is 4.39. The van der Waals surface area contributed by atoms with Gasteiger partial charge in [0.1, 0.15) is 0 Å². The molecule has 0 spiro atoms. The molecule has 4 heteroatoms. The topological polar surface area (TPSA) is 58.6 Å². The van der Waals surface area contributed by atoms with Gasteiger partial charge in [0.25, 0.3) is 0 Å². The maximum Gasteiger partial charge on any atom is 0.329 e. The Morgan fingerprint density at radius 2 is 2.40 bits per heavy atom. The molecule has 0 aromatic carbocycles. The molecule has 0 aromatic heterocycles. The first-order chi connectivity index (χ1) is 2.41. The van der Waals surface area contributed by atoms with Gasteiger partial charge in [-0.1, -0.05) is 0 Å². The SMILES string of the molecule is O=COO[O-]. The molecule has 0 fully saturated rings. The highest BCUT2D eigenvalue weighted by Gasteiger charge is 1.53. The Hall–Kier alpha value is -0.610. The fourth-order valence-corrected chi connectivity index (χ4v) is 0.0160. The van der Waals surface area contributed by atoms with E-state index in [0.717, 1.165) is 0 Å². The van der Waals surface area contributed by atoms with E-state index >= 15 is 0 Å². The molecule has 0 bridgehead atoms. The molecule has 0 rings (SSSR count). The van der Waals surface area contributed by atoms with Gasteiger partial charge >= 0.3 is 6.47 Å². The predicted molar refractivity (Wildman–Crippen MR) is 8.23 cm³/mol. The van der Waals surface area contributed by atoms with E-state index in [-0.39, 0.29) is 6.47 Å². The highest BCUT2D eigenvalue weighted by Crippen LogP contribution is 1.48. The third kappa shape index (κ3) is 3.39. The van der Waals surface area contributed by atoms with E-state index < -0.39 is 0 Å². The molecule has 0 unspecified atom stereocenters. The van der Waals surface area contributed by atoms with Gasteiger partial charge in [-0.05, 0) is 0 Å². The molecule has 0 N–H and O–H groups in total. The molecule has 0 heterocycles. The molecule has 0 saturated carbocycles. The lowest BCUT2D eigenvalue weighted by atomic mass is 11.7. The molecule has 0 aliphatic heterocycles. The summed E-state index contributed by atoms with van der Waals surface area (Å²) in [6.07, 6.45) is 0. The summed E-state index contributed by atoms with van der Waals surface area (Å²) in [5.41, 5.74) is 0. The van der Waals surface area contributed by atoms with E-state index in [2.05, 4.69) is 9.93 Å². The van der Waals surface area contributed by atoms with Crippen molar-refractivity contribution in [3.8, 4) is 0 Å². The monoisotopic (exact) mass is 77.0 g/mol. The number of hydrogen-bond acceptors (Lipinski definition) is 4. The van der Waals surface area contributed by atoms with Crippen molar-refractivity contribution in [3.63, 3.8) is 0 Å². The van der Waals surface area contributed by atoms with Crippen molar-refractivity contribution in [1.82, 2.24) is 0 Å². The van der Waals surface area contributed by atoms with Crippen molar-refractivity contribution in [3.05, 3.63) is 0 Å². The number of hydrogen-bond donors (Lipinski definition) is 0. The average Bonchev–Trinajstić information content (AvgIpc) is 1.41. The van der Waals surface area contributed by atoms with Crippen LogP contribution in [-0.4, -0.2) is 6.47 Å². The number of carbonyl (C=O) groups excluding carboxylic acids is 1. The first-order valence-corrected chi connectivity index (χ1v) is 0.805. The fourth-order valence-electron chi connectivity index (χ4n) is 0.0160. The zero-order chi connectivity index (χ0) is 4.12. The molecule has 0 saturated heterocycles. The van der Waals surface area contributed by atoms with Crippen molar-refractivity contribution in [1.29, 1.82) is 0 Å². The van der Waals surface area contributed by atoms with Gasteiger partial charge in [0.15, 0.2) is 0 Å². The summed E-state index contributed by atoms with van der Waals surface area (Å²) in [6.45, 7) is -0.104. The Kier molecular flexibility index (Phi) is 2.98. The van der Waals surface area contributed by atoms with Crippen molar-refractivity contribution in [2.75, 3.05) is 0 Å². The quantitative estimate of drug-likeness (QED) is 0.225. The highest BCUT2D eigenvalue weighted by atomic mass is 17.5. The van der Waals surface area contributed by atoms with Crippen LogP contribution in [0.15, 0.2) is 0 Å².